The Morgan fingerprint density at radius 3 is 2.50 bits per heavy atom. The van der Waals surface area contributed by atoms with Crippen molar-refractivity contribution < 1.29 is 4.79 Å². The predicted molar refractivity (Wildman–Crippen MR) is 111 cm³/mol. The molecule has 2 aromatic heterocycles. The van der Waals surface area contributed by atoms with Crippen LogP contribution in [0.1, 0.15) is 15.9 Å². The SMILES string of the molecule is O=C(N/N=C(\CSc1nc2ccccc2[nH]1)c1ccccc1)c1ccncc1. The average molecular weight is 387 g/mol. The van der Waals surface area contributed by atoms with Gasteiger partial charge in [0, 0.05) is 23.7 Å². The normalized spacial score (nSPS) is 11.5. The fourth-order valence-electron chi connectivity index (χ4n) is 2.63. The highest BCUT2D eigenvalue weighted by Gasteiger charge is 2.10. The zero-order chi connectivity index (χ0) is 19.2. The highest BCUT2D eigenvalue weighted by Crippen LogP contribution is 2.20. The molecular formula is C21H17N5OS. The van der Waals surface area contributed by atoms with E-state index in [1.165, 1.54) is 11.8 Å². The number of carbonyl (C=O) groups excluding carboxylic acids is 1. The molecule has 6 nitrogen and oxygen atoms in total. The monoisotopic (exact) mass is 387 g/mol. The van der Waals surface area contributed by atoms with E-state index in [0.29, 0.717) is 11.3 Å². The van der Waals surface area contributed by atoms with Gasteiger partial charge in [-0.2, -0.15) is 5.10 Å². The lowest BCUT2D eigenvalue weighted by atomic mass is 10.1. The number of aromatic nitrogens is 3. The van der Waals surface area contributed by atoms with Crippen LogP contribution in [0.5, 0.6) is 0 Å². The second-order valence-electron chi connectivity index (χ2n) is 5.95. The van der Waals surface area contributed by atoms with Gasteiger partial charge in [-0.05, 0) is 29.8 Å². The molecule has 2 N–H and O–H groups in total. The van der Waals surface area contributed by atoms with E-state index >= 15 is 0 Å². The maximum atomic E-state index is 12.3. The molecule has 1 amide bonds. The Kier molecular flexibility index (Phi) is 5.44. The van der Waals surface area contributed by atoms with Gasteiger partial charge >= 0.3 is 0 Å². The zero-order valence-electron chi connectivity index (χ0n) is 14.9. The number of thioether (sulfide) groups is 1. The molecule has 0 saturated carbocycles. The molecule has 2 heterocycles. The van der Waals surface area contributed by atoms with Gasteiger partial charge in [-0.15, -0.1) is 0 Å². The van der Waals surface area contributed by atoms with Crippen molar-refractivity contribution in [1.29, 1.82) is 0 Å². The first kappa shape index (κ1) is 17.9. The van der Waals surface area contributed by atoms with E-state index < -0.39 is 0 Å². The van der Waals surface area contributed by atoms with Crippen LogP contribution in [-0.4, -0.2) is 32.3 Å². The van der Waals surface area contributed by atoms with Crippen molar-refractivity contribution in [3.63, 3.8) is 0 Å². The number of nitrogens with zero attached hydrogens (tertiary/aromatic N) is 3. The minimum absolute atomic E-state index is 0.274. The third-order valence-electron chi connectivity index (χ3n) is 4.06. The molecule has 0 spiro atoms. The quantitative estimate of drug-likeness (QED) is 0.299. The molecule has 0 saturated heterocycles. The minimum atomic E-state index is -0.274. The molecule has 2 aromatic carbocycles. The lowest BCUT2D eigenvalue weighted by Crippen LogP contribution is -2.21. The summed E-state index contributed by atoms with van der Waals surface area (Å²) in [5, 5.41) is 5.18. The highest BCUT2D eigenvalue weighted by atomic mass is 32.2. The van der Waals surface area contributed by atoms with E-state index in [4.69, 9.17) is 0 Å². The number of pyridine rings is 1. The number of fused-ring (bicyclic) bond motifs is 1. The van der Waals surface area contributed by atoms with E-state index in [1.807, 2.05) is 54.6 Å². The average Bonchev–Trinajstić information content (AvgIpc) is 3.18. The highest BCUT2D eigenvalue weighted by molar-refractivity contribution is 7.99. The van der Waals surface area contributed by atoms with E-state index in [2.05, 4.69) is 25.5 Å². The van der Waals surface area contributed by atoms with Crippen molar-refractivity contribution in [3.05, 3.63) is 90.3 Å². The lowest BCUT2D eigenvalue weighted by Gasteiger charge is -2.07. The maximum absolute atomic E-state index is 12.3. The number of carbonyl (C=O) groups is 1. The van der Waals surface area contributed by atoms with Gasteiger partial charge in [-0.3, -0.25) is 9.78 Å². The number of benzene rings is 2. The molecule has 0 aliphatic carbocycles. The molecular weight excluding hydrogens is 370 g/mol. The van der Waals surface area contributed by atoms with Crippen molar-refractivity contribution >= 4 is 34.4 Å². The number of nitrogens with one attached hydrogen (secondary N) is 2. The molecule has 138 valence electrons. The lowest BCUT2D eigenvalue weighted by molar-refractivity contribution is 0.0954. The number of rotatable bonds is 6. The second-order valence-corrected chi connectivity index (χ2v) is 6.91. The van der Waals surface area contributed by atoms with Crippen LogP contribution in [0, 0.1) is 0 Å². The topological polar surface area (TPSA) is 83.0 Å². The number of aromatic amines is 1. The van der Waals surface area contributed by atoms with Crippen molar-refractivity contribution in [1.82, 2.24) is 20.4 Å². The first-order valence-corrected chi connectivity index (χ1v) is 9.68. The predicted octanol–water partition coefficient (Wildman–Crippen LogP) is 3.88. The van der Waals surface area contributed by atoms with Crippen LogP contribution in [0.4, 0.5) is 0 Å². The van der Waals surface area contributed by atoms with Crippen molar-refractivity contribution in [2.45, 2.75) is 5.16 Å². The second kappa shape index (κ2) is 8.49. The maximum Gasteiger partial charge on any atom is 0.271 e. The summed E-state index contributed by atoms with van der Waals surface area (Å²) < 4.78 is 0. The third-order valence-corrected chi connectivity index (χ3v) is 4.94. The van der Waals surface area contributed by atoms with E-state index in [1.54, 1.807) is 24.5 Å². The Labute approximate surface area is 166 Å². The molecule has 0 fully saturated rings. The van der Waals surface area contributed by atoms with Crippen LogP contribution in [0.2, 0.25) is 0 Å². The largest absolute Gasteiger partial charge is 0.333 e. The van der Waals surface area contributed by atoms with Crippen molar-refractivity contribution in [3.8, 4) is 0 Å². The molecule has 0 aliphatic rings. The molecule has 0 unspecified atom stereocenters. The summed E-state index contributed by atoms with van der Waals surface area (Å²) in [5.74, 6) is 0.282. The van der Waals surface area contributed by atoms with Crippen LogP contribution in [0.15, 0.2) is 89.4 Å². The molecule has 4 rings (SSSR count). The summed E-state index contributed by atoms with van der Waals surface area (Å²) in [7, 11) is 0. The van der Waals surface area contributed by atoms with Gasteiger partial charge in [0.25, 0.3) is 5.91 Å². The zero-order valence-corrected chi connectivity index (χ0v) is 15.7. The Balaban J connectivity index is 1.52. The van der Waals surface area contributed by atoms with Gasteiger partial charge in [-0.1, -0.05) is 54.2 Å². The molecule has 7 heteroatoms. The van der Waals surface area contributed by atoms with Crippen LogP contribution < -0.4 is 5.43 Å². The standard InChI is InChI=1S/C21H17N5OS/c27-20(16-10-12-22-13-11-16)26-25-19(15-6-2-1-3-7-15)14-28-21-23-17-8-4-5-9-18(17)24-21/h1-13H,14H2,(H,23,24)(H,26,27)/b25-19+. The summed E-state index contributed by atoms with van der Waals surface area (Å²) >= 11 is 1.54. The Morgan fingerprint density at radius 2 is 1.71 bits per heavy atom. The number of hydrazone groups is 1. The molecule has 4 aromatic rings. The molecule has 0 aliphatic heterocycles. The van der Waals surface area contributed by atoms with Gasteiger partial charge < -0.3 is 4.98 Å². The van der Waals surface area contributed by atoms with Gasteiger partial charge in [0.2, 0.25) is 0 Å². The number of hydrogen-bond donors (Lipinski definition) is 2. The van der Waals surface area contributed by atoms with E-state index in [0.717, 1.165) is 27.5 Å². The molecule has 0 radical (unpaired) electrons. The number of hydrogen-bond acceptors (Lipinski definition) is 5. The summed E-state index contributed by atoms with van der Waals surface area (Å²) in [5.41, 5.74) is 6.77. The fourth-order valence-corrected chi connectivity index (χ4v) is 3.48. The summed E-state index contributed by atoms with van der Waals surface area (Å²) in [4.78, 5) is 24.1. The minimum Gasteiger partial charge on any atom is -0.333 e. The van der Waals surface area contributed by atoms with Crippen LogP contribution in [0.3, 0.4) is 0 Å². The van der Waals surface area contributed by atoms with Crippen molar-refractivity contribution in [2.24, 2.45) is 5.10 Å². The van der Waals surface area contributed by atoms with Gasteiger partial charge in [0.15, 0.2) is 5.16 Å². The Morgan fingerprint density at radius 1 is 0.964 bits per heavy atom. The smallest absolute Gasteiger partial charge is 0.271 e. The Hall–Kier alpha value is -3.45. The van der Waals surface area contributed by atoms with Gasteiger partial charge in [-0.25, -0.2) is 10.4 Å². The van der Waals surface area contributed by atoms with Gasteiger partial charge in [0.05, 0.1) is 16.7 Å². The fraction of sp³-hybridized carbons (Fsp3) is 0.0476. The van der Waals surface area contributed by atoms with E-state index in [-0.39, 0.29) is 5.91 Å². The third kappa shape index (κ3) is 4.27. The number of para-hydroxylation sites is 2. The number of imidazole rings is 1. The molecule has 0 atom stereocenters. The van der Waals surface area contributed by atoms with Crippen LogP contribution >= 0.6 is 11.8 Å². The van der Waals surface area contributed by atoms with Crippen LogP contribution in [0.25, 0.3) is 11.0 Å². The first-order valence-electron chi connectivity index (χ1n) is 8.69. The molecule has 28 heavy (non-hydrogen) atoms. The molecule has 0 bridgehead atoms. The first-order chi connectivity index (χ1) is 13.8. The van der Waals surface area contributed by atoms with Crippen molar-refractivity contribution in [2.75, 3.05) is 5.75 Å². The van der Waals surface area contributed by atoms with E-state index in [9.17, 15) is 4.79 Å². The number of amides is 1. The Bertz CT molecular complexity index is 1080. The summed E-state index contributed by atoms with van der Waals surface area (Å²) in [6.07, 6.45) is 3.16. The van der Waals surface area contributed by atoms with Gasteiger partial charge in [0.1, 0.15) is 0 Å². The number of H-pyrrole nitrogens is 1. The van der Waals surface area contributed by atoms with Crippen LogP contribution in [-0.2, 0) is 0 Å². The summed E-state index contributed by atoms with van der Waals surface area (Å²) in [6.45, 7) is 0. The summed E-state index contributed by atoms with van der Waals surface area (Å²) in [6, 6.07) is 21.0.